The minimum absolute atomic E-state index is 0.00838. The van der Waals surface area contributed by atoms with Crippen LogP contribution in [0.25, 0.3) is 11.3 Å². The van der Waals surface area contributed by atoms with E-state index in [0.29, 0.717) is 25.0 Å². The summed E-state index contributed by atoms with van der Waals surface area (Å²) in [6, 6.07) is 8.02. The van der Waals surface area contributed by atoms with E-state index in [1.165, 1.54) is 0 Å². The quantitative estimate of drug-likeness (QED) is 0.475. The van der Waals surface area contributed by atoms with E-state index in [0.717, 1.165) is 47.6 Å². The van der Waals surface area contributed by atoms with Crippen molar-refractivity contribution in [2.24, 2.45) is 11.3 Å². The lowest BCUT2D eigenvalue weighted by Gasteiger charge is -2.27. The number of nitrogens with one attached hydrogen (secondary N) is 2. The van der Waals surface area contributed by atoms with Crippen LogP contribution in [0.2, 0.25) is 0 Å². The summed E-state index contributed by atoms with van der Waals surface area (Å²) in [5.41, 5.74) is 4.93. The number of carbonyl (C=O) groups is 1. The van der Waals surface area contributed by atoms with Gasteiger partial charge in [-0.2, -0.15) is 5.10 Å². The van der Waals surface area contributed by atoms with Gasteiger partial charge in [-0.1, -0.05) is 32.9 Å². The van der Waals surface area contributed by atoms with E-state index < -0.39 is 0 Å². The Morgan fingerprint density at radius 1 is 1.26 bits per heavy atom. The lowest BCUT2D eigenvalue weighted by atomic mass is 9.80. The van der Waals surface area contributed by atoms with Crippen molar-refractivity contribution >= 4 is 17.7 Å². The van der Waals surface area contributed by atoms with Gasteiger partial charge in [0.25, 0.3) is 0 Å². The van der Waals surface area contributed by atoms with Gasteiger partial charge in [0.05, 0.1) is 30.7 Å². The maximum atomic E-state index is 12.7. The van der Waals surface area contributed by atoms with E-state index in [1.54, 1.807) is 23.3 Å². The molecule has 0 saturated carbocycles. The van der Waals surface area contributed by atoms with Crippen molar-refractivity contribution in [1.82, 2.24) is 30.0 Å². The number of aliphatic hydroxyl groups excluding tert-OH is 1. The van der Waals surface area contributed by atoms with Crippen molar-refractivity contribution in [2.75, 3.05) is 25.0 Å². The zero-order valence-corrected chi connectivity index (χ0v) is 21.0. The molecule has 0 spiro atoms. The standard InChI is InChI=1S/C26H35N7O2/c1-18-13-19(23-7-9-27-24(31-23)30-22-15-29-33(17-22)11-12-34)5-6-20(18)14-28-25(35)32-10-8-21(16-32)26(2,3)4/h5-7,9,13,15,17,21,34H,8,10-12,14,16H2,1-4H3,(H,28,35)(H,27,30,31). The van der Waals surface area contributed by atoms with Crippen LogP contribution < -0.4 is 10.6 Å². The van der Waals surface area contributed by atoms with Crippen LogP contribution in [0.4, 0.5) is 16.4 Å². The number of anilines is 2. The number of aryl methyl sites for hydroxylation is 1. The molecule has 0 radical (unpaired) electrons. The lowest BCUT2D eigenvalue weighted by Crippen LogP contribution is -2.39. The third kappa shape index (κ3) is 6.16. The molecule has 3 N–H and O–H groups in total. The number of carbonyl (C=O) groups excluding carboxylic acids is 1. The molecule has 4 rings (SSSR count). The van der Waals surface area contributed by atoms with Gasteiger partial charge >= 0.3 is 6.03 Å². The van der Waals surface area contributed by atoms with Gasteiger partial charge in [0.1, 0.15) is 0 Å². The fourth-order valence-electron chi connectivity index (χ4n) is 4.35. The van der Waals surface area contributed by atoms with Crippen LogP contribution in [-0.4, -0.2) is 55.5 Å². The molecule has 1 atom stereocenters. The molecule has 1 fully saturated rings. The van der Waals surface area contributed by atoms with Crippen molar-refractivity contribution < 1.29 is 9.90 Å². The van der Waals surface area contributed by atoms with E-state index in [2.05, 4.69) is 52.5 Å². The van der Waals surface area contributed by atoms with E-state index in [-0.39, 0.29) is 18.1 Å². The Bertz CT molecular complexity index is 1170. The SMILES string of the molecule is Cc1cc(-c2ccnc(Nc3cnn(CCO)c3)n2)ccc1CNC(=O)N1CCC(C(C)(C)C)C1. The van der Waals surface area contributed by atoms with Gasteiger partial charge in [-0.15, -0.1) is 0 Å². The first-order chi connectivity index (χ1) is 16.7. The molecular formula is C26H35N7O2. The van der Waals surface area contributed by atoms with Crippen LogP contribution in [0.1, 0.15) is 38.3 Å². The van der Waals surface area contributed by atoms with Gasteiger partial charge in [-0.25, -0.2) is 14.8 Å². The Balaban J connectivity index is 1.37. The number of urea groups is 1. The number of benzene rings is 1. The summed E-state index contributed by atoms with van der Waals surface area (Å²) in [5, 5.41) is 19.5. The molecule has 1 aromatic carbocycles. The summed E-state index contributed by atoms with van der Waals surface area (Å²) >= 11 is 0. The summed E-state index contributed by atoms with van der Waals surface area (Å²) < 4.78 is 1.65. The maximum Gasteiger partial charge on any atom is 0.317 e. The van der Waals surface area contributed by atoms with Crippen LogP contribution in [0.3, 0.4) is 0 Å². The number of aliphatic hydroxyl groups is 1. The first kappa shape index (κ1) is 24.7. The molecule has 2 amide bonds. The fourth-order valence-corrected chi connectivity index (χ4v) is 4.35. The van der Waals surface area contributed by atoms with Crippen LogP contribution in [0.5, 0.6) is 0 Å². The molecule has 3 aromatic rings. The van der Waals surface area contributed by atoms with Gasteiger partial charge in [-0.05, 0) is 47.9 Å². The minimum Gasteiger partial charge on any atom is -0.394 e. The number of nitrogens with zero attached hydrogens (tertiary/aromatic N) is 5. The van der Waals surface area contributed by atoms with Crippen molar-refractivity contribution in [3.05, 3.63) is 54.0 Å². The molecule has 0 bridgehead atoms. The van der Waals surface area contributed by atoms with Crippen LogP contribution in [-0.2, 0) is 13.1 Å². The second kappa shape index (κ2) is 10.4. The minimum atomic E-state index is 0.00838. The number of hydrogen-bond acceptors (Lipinski definition) is 6. The highest BCUT2D eigenvalue weighted by Gasteiger charge is 2.33. The zero-order chi connectivity index (χ0) is 25.0. The van der Waals surface area contributed by atoms with Gasteiger partial charge in [-0.3, -0.25) is 4.68 Å². The molecule has 0 aliphatic carbocycles. The Labute approximate surface area is 206 Å². The molecule has 3 heterocycles. The average Bonchev–Trinajstić information content (AvgIpc) is 3.49. The highest BCUT2D eigenvalue weighted by Crippen LogP contribution is 2.33. The van der Waals surface area contributed by atoms with Gasteiger partial charge < -0.3 is 20.6 Å². The summed E-state index contributed by atoms with van der Waals surface area (Å²) in [6.07, 6.45) is 6.24. The second-order valence-corrected chi connectivity index (χ2v) is 10.2. The summed E-state index contributed by atoms with van der Waals surface area (Å²) in [7, 11) is 0. The Kier molecular flexibility index (Phi) is 7.35. The van der Waals surface area contributed by atoms with E-state index in [4.69, 9.17) is 5.11 Å². The Morgan fingerprint density at radius 3 is 2.80 bits per heavy atom. The van der Waals surface area contributed by atoms with Gasteiger partial charge in [0.2, 0.25) is 5.95 Å². The van der Waals surface area contributed by atoms with E-state index in [1.807, 2.05) is 30.0 Å². The molecule has 186 valence electrons. The average molecular weight is 478 g/mol. The van der Waals surface area contributed by atoms with E-state index >= 15 is 0 Å². The van der Waals surface area contributed by atoms with Crippen molar-refractivity contribution in [3.8, 4) is 11.3 Å². The normalized spacial score (nSPS) is 15.9. The lowest BCUT2D eigenvalue weighted by molar-refractivity contribution is 0.196. The number of rotatable bonds is 7. The van der Waals surface area contributed by atoms with E-state index in [9.17, 15) is 4.79 Å². The number of hydrogen-bond donors (Lipinski definition) is 3. The van der Waals surface area contributed by atoms with Crippen LogP contribution in [0, 0.1) is 18.3 Å². The molecule has 1 aliphatic rings. The van der Waals surface area contributed by atoms with Crippen molar-refractivity contribution in [3.63, 3.8) is 0 Å². The maximum absolute atomic E-state index is 12.7. The third-order valence-corrected chi connectivity index (χ3v) is 6.64. The molecule has 1 unspecified atom stereocenters. The molecule has 2 aromatic heterocycles. The summed E-state index contributed by atoms with van der Waals surface area (Å²) in [5.74, 6) is 1.01. The molecule has 1 aliphatic heterocycles. The summed E-state index contributed by atoms with van der Waals surface area (Å²) in [4.78, 5) is 23.6. The highest BCUT2D eigenvalue weighted by molar-refractivity contribution is 5.74. The first-order valence-corrected chi connectivity index (χ1v) is 12.1. The zero-order valence-electron chi connectivity index (χ0n) is 21.0. The molecular weight excluding hydrogens is 442 g/mol. The number of aromatic nitrogens is 4. The predicted octanol–water partition coefficient (Wildman–Crippen LogP) is 3.96. The number of amides is 2. The first-order valence-electron chi connectivity index (χ1n) is 12.1. The second-order valence-electron chi connectivity index (χ2n) is 10.2. The fraction of sp³-hybridized carbons (Fsp3) is 0.462. The van der Waals surface area contributed by atoms with Crippen molar-refractivity contribution in [1.29, 1.82) is 0 Å². The molecule has 35 heavy (non-hydrogen) atoms. The summed E-state index contributed by atoms with van der Waals surface area (Å²) in [6.45, 7) is 11.4. The predicted molar refractivity (Wildman–Crippen MR) is 136 cm³/mol. The molecule has 1 saturated heterocycles. The molecule has 9 nitrogen and oxygen atoms in total. The molecule has 9 heteroatoms. The third-order valence-electron chi connectivity index (χ3n) is 6.64. The Morgan fingerprint density at radius 2 is 2.09 bits per heavy atom. The van der Waals surface area contributed by atoms with Crippen molar-refractivity contribution in [2.45, 2.75) is 47.2 Å². The topological polar surface area (TPSA) is 108 Å². The van der Waals surface area contributed by atoms with Crippen LogP contribution >= 0.6 is 0 Å². The van der Waals surface area contributed by atoms with Gasteiger partial charge in [0.15, 0.2) is 0 Å². The Hall–Kier alpha value is -3.46. The smallest absolute Gasteiger partial charge is 0.317 e. The largest absolute Gasteiger partial charge is 0.394 e. The highest BCUT2D eigenvalue weighted by atomic mass is 16.3. The monoisotopic (exact) mass is 477 g/mol. The van der Waals surface area contributed by atoms with Crippen LogP contribution in [0.15, 0.2) is 42.9 Å². The van der Waals surface area contributed by atoms with Gasteiger partial charge in [0, 0.05) is 37.6 Å². The number of likely N-dealkylation sites (tertiary alicyclic amines) is 1.